The maximum Gasteiger partial charge on any atom is 0.229 e. The van der Waals surface area contributed by atoms with E-state index >= 15 is 0 Å². The number of hydrogen-bond acceptors (Lipinski definition) is 3. The molecular formula is C14H25NO2S. The smallest absolute Gasteiger partial charge is 0.229 e. The van der Waals surface area contributed by atoms with Crippen LogP contribution in [0.1, 0.15) is 53.4 Å². The van der Waals surface area contributed by atoms with Crippen molar-refractivity contribution in [2.45, 2.75) is 53.4 Å². The molecule has 0 radical (unpaired) electrons. The van der Waals surface area contributed by atoms with E-state index in [1.54, 1.807) is 0 Å². The van der Waals surface area contributed by atoms with Crippen molar-refractivity contribution in [2.75, 3.05) is 12.3 Å². The summed E-state index contributed by atoms with van der Waals surface area (Å²) in [6, 6.07) is 0. The van der Waals surface area contributed by atoms with Crippen LogP contribution in [0.5, 0.6) is 0 Å². The molecule has 0 aromatic carbocycles. The van der Waals surface area contributed by atoms with Gasteiger partial charge in [-0.1, -0.05) is 27.7 Å². The molecule has 0 atom stereocenters. The van der Waals surface area contributed by atoms with Gasteiger partial charge in [-0.2, -0.15) is 12.6 Å². The first kappa shape index (κ1) is 15.5. The van der Waals surface area contributed by atoms with Gasteiger partial charge in [-0.05, 0) is 29.4 Å². The summed E-state index contributed by atoms with van der Waals surface area (Å²) in [7, 11) is 0. The number of carbonyl (C=O) groups excluding carboxylic acids is 2. The molecule has 1 rings (SSSR count). The lowest BCUT2D eigenvalue weighted by Crippen LogP contribution is -2.50. The second-order valence-electron chi connectivity index (χ2n) is 6.26. The second kappa shape index (κ2) is 5.64. The molecule has 0 aliphatic carbocycles. The van der Waals surface area contributed by atoms with E-state index in [-0.39, 0.29) is 22.6 Å². The van der Waals surface area contributed by atoms with Crippen molar-refractivity contribution in [3.63, 3.8) is 0 Å². The van der Waals surface area contributed by atoms with Crippen LogP contribution >= 0.6 is 12.6 Å². The standard InChI is InChI=1S/C14H25NO2S/c1-5-14(6-2,10-18)9-15-11(16)7-13(3,4)8-12(15)17/h18H,5-10H2,1-4H3. The van der Waals surface area contributed by atoms with Crippen LogP contribution in [0.4, 0.5) is 0 Å². The van der Waals surface area contributed by atoms with Gasteiger partial charge >= 0.3 is 0 Å². The second-order valence-corrected chi connectivity index (χ2v) is 6.57. The van der Waals surface area contributed by atoms with Crippen molar-refractivity contribution in [3.8, 4) is 0 Å². The molecule has 1 aliphatic rings. The summed E-state index contributed by atoms with van der Waals surface area (Å²) in [4.78, 5) is 25.7. The summed E-state index contributed by atoms with van der Waals surface area (Å²) in [6.45, 7) is 8.68. The Morgan fingerprint density at radius 1 is 1.17 bits per heavy atom. The predicted octanol–water partition coefficient (Wildman–Crippen LogP) is 2.90. The van der Waals surface area contributed by atoms with Gasteiger partial charge in [0.25, 0.3) is 0 Å². The highest BCUT2D eigenvalue weighted by Gasteiger charge is 2.40. The molecule has 1 fully saturated rings. The average Bonchev–Trinajstić information content (AvgIpc) is 2.28. The van der Waals surface area contributed by atoms with Crippen LogP contribution in [-0.4, -0.2) is 29.0 Å². The summed E-state index contributed by atoms with van der Waals surface area (Å²) in [5, 5.41) is 0. The number of likely N-dealkylation sites (tertiary alicyclic amines) is 1. The Hall–Kier alpha value is -0.510. The summed E-state index contributed by atoms with van der Waals surface area (Å²) >= 11 is 4.41. The number of rotatable bonds is 5. The Morgan fingerprint density at radius 3 is 1.94 bits per heavy atom. The lowest BCUT2D eigenvalue weighted by Gasteiger charge is -2.40. The van der Waals surface area contributed by atoms with Gasteiger partial charge in [0.1, 0.15) is 0 Å². The number of thiol groups is 1. The van der Waals surface area contributed by atoms with Crippen molar-refractivity contribution < 1.29 is 9.59 Å². The molecule has 0 aromatic heterocycles. The number of carbonyl (C=O) groups is 2. The Kier molecular flexibility index (Phi) is 4.87. The van der Waals surface area contributed by atoms with Crippen LogP contribution in [0.15, 0.2) is 0 Å². The SMILES string of the molecule is CCC(CC)(CS)CN1C(=O)CC(C)(C)CC1=O. The monoisotopic (exact) mass is 271 g/mol. The Balaban J connectivity index is 2.84. The summed E-state index contributed by atoms with van der Waals surface area (Å²) in [5.41, 5.74) is -0.220. The van der Waals surface area contributed by atoms with Crippen molar-refractivity contribution in [3.05, 3.63) is 0 Å². The summed E-state index contributed by atoms with van der Waals surface area (Å²) in [6.07, 6.45) is 2.81. The van der Waals surface area contributed by atoms with Crippen LogP contribution in [-0.2, 0) is 9.59 Å². The highest BCUT2D eigenvalue weighted by atomic mass is 32.1. The fraction of sp³-hybridized carbons (Fsp3) is 0.857. The summed E-state index contributed by atoms with van der Waals surface area (Å²) in [5.74, 6) is 0.661. The van der Waals surface area contributed by atoms with Gasteiger partial charge in [0.15, 0.2) is 0 Å². The molecule has 18 heavy (non-hydrogen) atoms. The highest BCUT2D eigenvalue weighted by molar-refractivity contribution is 7.80. The van der Waals surface area contributed by atoms with Gasteiger partial charge in [-0.3, -0.25) is 14.5 Å². The number of amides is 2. The zero-order valence-electron chi connectivity index (χ0n) is 12.0. The minimum Gasteiger partial charge on any atom is -0.282 e. The van der Waals surface area contributed by atoms with E-state index in [0.29, 0.717) is 25.1 Å². The number of hydrogen-bond donors (Lipinski definition) is 1. The maximum absolute atomic E-state index is 12.1. The normalized spacial score (nSPS) is 20.4. The van der Waals surface area contributed by atoms with Gasteiger partial charge in [-0.15, -0.1) is 0 Å². The quantitative estimate of drug-likeness (QED) is 0.616. The van der Waals surface area contributed by atoms with Crippen molar-refractivity contribution in [1.29, 1.82) is 0 Å². The lowest BCUT2D eigenvalue weighted by atomic mass is 9.79. The third-order valence-electron chi connectivity index (χ3n) is 4.19. The Morgan fingerprint density at radius 2 is 1.61 bits per heavy atom. The maximum atomic E-state index is 12.1. The van der Waals surface area contributed by atoms with Gasteiger partial charge in [0, 0.05) is 19.4 Å². The molecule has 1 aliphatic heterocycles. The van der Waals surface area contributed by atoms with Gasteiger partial charge in [0.2, 0.25) is 11.8 Å². The van der Waals surface area contributed by atoms with E-state index in [2.05, 4.69) is 26.5 Å². The minimum atomic E-state index is -0.188. The van der Waals surface area contributed by atoms with E-state index in [1.165, 1.54) is 4.90 Å². The molecular weight excluding hydrogens is 246 g/mol. The Bertz CT molecular complexity index is 306. The molecule has 2 amide bonds. The van der Waals surface area contributed by atoms with Crippen LogP contribution in [0.25, 0.3) is 0 Å². The molecule has 0 bridgehead atoms. The molecule has 0 spiro atoms. The molecule has 0 aromatic rings. The van der Waals surface area contributed by atoms with Gasteiger partial charge < -0.3 is 0 Å². The minimum absolute atomic E-state index is 0.0238. The molecule has 0 N–H and O–H groups in total. The van der Waals surface area contributed by atoms with Crippen LogP contribution < -0.4 is 0 Å². The van der Waals surface area contributed by atoms with Crippen molar-refractivity contribution >= 4 is 24.4 Å². The van der Waals surface area contributed by atoms with E-state index in [4.69, 9.17) is 0 Å². The number of nitrogens with zero attached hydrogens (tertiary/aromatic N) is 1. The molecule has 104 valence electrons. The third-order valence-corrected chi connectivity index (χ3v) is 4.86. The first-order chi connectivity index (χ1) is 8.29. The predicted molar refractivity (Wildman–Crippen MR) is 76.6 cm³/mol. The number of imide groups is 1. The largest absolute Gasteiger partial charge is 0.282 e. The lowest BCUT2D eigenvalue weighted by molar-refractivity contribution is -0.154. The fourth-order valence-electron chi connectivity index (χ4n) is 2.47. The topological polar surface area (TPSA) is 37.4 Å². The van der Waals surface area contributed by atoms with E-state index in [0.717, 1.165) is 12.8 Å². The molecule has 3 nitrogen and oxygen atoms in total. The van der Waals surface area contributed by atoms with Crippen LogP contribution in [0, 0.1) is 10.8 Å². The van der Waals surface area contributed by atoms with E-state index in [1.807, 2.05) is 13.8 Å². The van der Waals surface area contributed by atoms with E-state index in [9.17, 15) is 9.59 Å². The zero-order chi connectivity index (χ0) is 14.0. The molecule has 0 unspecified atom stereocenters. The van der Waals surface area contributed by atoms with Crippen LogP contribution in [0.2, 0.25) is 0 Å². The molecule has 4 heteroatoms. The first-order valence-electron chi connectivity index (χ1n) is 6.73. The molecule has 0 saturated carbocycles. The highest BCUT2D eigenvalue weighted by Crippen LogP contribution is 2.35. The van der Waals surface area contributed by atoms with Crippen molar-refractivity contribution in [2.24, 2.45) is 10.8 Å². The van der Waals surface area contributed by atoms with Gasteiger partial charge in [-0.25, -0.2) is 0 Å². The summed E-state index contributed by atoms with van der Waals surface area (Å²) < 4.78 is 0. The Labute approximate surface area is 116 Å². The molecule has 1 heterocycles. The zero-order valence-corrected chi connectivity index (χ0v) is 12.8. The molecule has 1 saturated heterocycles. The first-order valence-corrected chi connectivity index (χ1v) is 7.36. The average molecular weight is 271 g/mol. The fourth-order valence-corrected chi connectivity index (χ4v) is 3.02. The van der Waals surface area contributed by atoms with Crippen molar-refractivity contribution in [1.82, 2.24) is 4.90 Å². The van der Waals surface area contributed by atoms with E-state index < -0.39 is 0 Å². The third kappa shape index (κ3) is 3.28. The van der Waals surface area contributed by atoms with Gasteiger partial charge in [0.05, 0.1) is 0 Å². The van der Waals surface area contributed by atoms with Crippen LogP contribution in [0.3, 0.4) is 0 Å². The number of piperidine rings is 1.